The molecule has 0 aromatic carbocycles. The number of carbonyl (C=O) groups excluding carboxylic acids is 1. The van der Waals surface area contributed by atoms with E-state index in [1.54, 1.807) is 9.80 Å². The molecule has 0 bridgehead atoms. The maximum Gasteiger partial charge on any atom is 0.417 e. The molecule has 0 atom stereocenters. The maximum atomic E-state index is 12.8. The molecule has 0 N–H and O–H groups in total. The molecule has 3 heterocycles. The number of alkyl halides is 3. The summed E-state index contributed by atoms with van der Waals surface area (Å²) in [6, 6.07) is 3.57. The number of aryl methyl sites for hydroxylation is 1. The Morgan fingerprint density at radius 3 is 2.48 bits per heavy atom. The van der Waals surface area contributed by atoms with Crippen molar-refractivity contribution in [3.8, 4) is 0 Å². The van der Waals surface area contributed by atoms with Crippen LogP contribution in [0.25, 0.3) is 0 Å². The first kappa shape index (κ1) is 21.1. The van der Waals surface area contributed by atoms with Crippen LogP contribution in [0.5, 0.6) is 0 Å². The predicted molar refractivity (Wildman–Crippen MR) is 101 cm³/mol. The van der Waals surface area contributed by atoms with Gasteiger partial charge in [0.2, 0.25) is 0 Å². The van der Waals surface area contributed by atoms with E-state index in [2.05, 4.69) is 10.1 Å². The van der Waals surface area contributed by atoms with Crippen LogP contribution < -0.4 is 10.5 Å². The topological polar surface area (TPSA) is 71.3 Å². The molecule has 0 radical (unpaired) electrons. The van der Waals surface area contributed by atoms with Gasteiger partial charge in [0.15, 0.2) is 0 Å². The fourth-order valence-corrected chi connectivity index (χ4v) is 3.32. The Balaban J connectivity index is 1.68. The van der Waals surface area contributed by atoms with E-state index < -0.39 is 11.7 Å². The third-order valence-corrected chi connectivity index (χ3v) is 4.81. The lowest BCUT2D eigenvalue weighted by Gasteiger charge is -2.35. The van der Waals surface area contributed by atoms with Crippen molar-refractivity contribution < 1.29 is 18.0 Å². The SMILES string of the molecule is CCCn1nc(C(=O)N2CCN(c3ncc(C(F)(F)F)cc3Cl)CC2)ccc1=O. The van der Waals surface area contributed by atoms with E-state index in [1.165, 1.54) is 16.8 Å². The number of nitrogens with zero attached hydrogens (tertiary/aromatic N) is 5. The van der Waals surface area contributed by atoms with Crippen LogP contribution in [0.2, 0.25) is 5.02 Å². The summed E-state index contributed by atoms with van der Waals surface area (Å²) in [5.41, 5.74) is -0.998. The number of rotatable bonds is 4. The second-order valence-corrected chi connectivity index (χ2v) is 6.99. The van der Waals surface area contributed by atoms with Crippen molar-refractivity contribution in [3.63, 3.8) is 0 Å². The number of pyridine rings is 1. The Kier molecular flexibility index (Phi) is 6.11. The zero-order chi connectivity index (χ0) is 21.2. The summed E-state index contributed by atoms with van der Waals surface area (Å²) < 4.78 is 39.5. The van der Waals surface area contributed by atoms with Crippen LogP contribution in [0.1, 0.15) is 29.4 Å². The molecule has 7 nitrogen and oxygen atoms in total. The summed E-state index contributed by atoms with van der Waals surface area (Å²) in [7, 11) is 0. The van der Waals surface area contributed by atoms with Gasteiger partial charge in [0.05, 0.1) is 10.6 Å². The molecule has 1 aliphatic rings. The van der Waals surface area contributed by atoms with Crippen LogP contribution >= 0.6 is 11.6 Å². The molecule has 3 rings (SSSR count). The Morgan fingerprint density at radius 1 is 1.21 bits per heavy atom. The fourth-order valence-electron chi connectivity index (χ4n) is 3.04. The summed E-state index contributed by atoms with van der Waals surface area (Å²) in [4.78, 5) is 31.6. The predicted octanol–water partition coefficient (Wildman–Crippen LogP) is 2.68. The van der Waals surface area contributed by atoms with Crippen molar-refractivity contribution in [3.05, 3.63) is 51.0 Å². The minimum absolute atomic E-state index is 0.0899. The van der Waals surface area contributed by atoms with Gasteiger partial charge in [-0.25, -0.2) is 9.67 Å². The maximum absolute atomic E-state index is 12.8. The molecule has 1 fully saturated rings. The number of halogens is 4. The van der Waals surface area contributed by atoms with E-state index in [9.17, 15) is 22.8 Å². The lowest BCUT2D eigenvalue weighted by molar-refractivity contribution is -0.137. The average Bonchev–Trinajstić information content (AvgIpc) is 2.69. The molecule has 1 saturated heterocycles. The van der Waals surface area contributed by atoms with Gasteiger partial charge in [0, 0.05) is 45.0 Å². The van der Waals surface area contributed by atoms with Crippen molar-refractivity contribution in [1.82, 2.24) is 19.7 Å². The molecule has 1 aliphatic heterocycles. The molecule has 2 aromatic rings. The molecule has 0 saturated carbocycles. The third kappa shape index (κ3) is 4.69. The Bertz CT molecular complexity index is 955. The number of aromatic nitrogens is 3. The van der Waals surface area contributed by atoms with Crippen molar-refractivity contribution in [1.29, 1.82) is 0 Å². The average molecular weight is 430 g/mol. The first-order chi connectivity index (χ1) is 13.7. The van der Waals surface area contributed by atoms with Crippen molar-refractivity contribution in [2.45, 2.75) is 26.1 Å². The van der Waals surface area contributed by atoms with Crippen molar-refractivity contribution in [2.24, 2.45) is 0 Å². The smallest absolute Gasteiger partial charge is 0.352 e. The van der Waals surface area contributed by atoms with Crippen LogP contribution in [0, 0.1) is 0 Å². The summed E-state index contributed by atoms with van der Waals surface area (Å²) >= 11 is 6.00. The zero-order valence-electron chi connectivity index (χ0n) is 15.6. The van der Waals surface area contributed by atoms with Crippen molar-refractivity contribution in [2.75, 3.05) is 31.1 Å². The lowest BCUT2D eigenvalue weighted by Crippen LogP contribution is -2.49. The zero-order valence-corrected chi connectivity index (χ0v) is 16.4. The van der Waals surface area contributed by atoms with Gasteiger partial charge in [-0.05, 0) is 18.6 Å². The highest BCUT2D eigenvalue weighted by Crippen LogP contribution is 2.33. The number of hydrogen-bond acceptors (Lipinski definition) is 5. The van der Waals surface area contributed by atoms with Crippen molar-refractivity contribution >= 4 is 23.3 Å². The van der Waals surface area contributed by atoms with E-state index in [4.69, 9.17) is 11.6 Å². The molecule has 0 unspecified atom stereocenters. The van der Waals surface area contributed by atoms with E-state index in [1.807, 2.05) is 6.92 Å². The molecule has 29 heavy (non-hydrogen) atoms. The highest BCUT2D eigenvalue weighted by Gasteiger charge is 2.32. The molecular weight excluding hydrogens is 411 g/mol. The number of hydrogen-bond donors (Lipinski definition) is 0. The number of piperazine rings is 1. The summed E-state index contributed by atoms with van der Waals surface area (Å²) in [5, 5.41) is 4.03. The van der Waals surface area contributed by atoms with Crippen LogP contribution in [0.4, 0.5) is 19.0 Å². The van der Waals surface area contributed by atoms with E-state index >= 15 is 0 Å². The quantitative estimate of drug-likeness (QED) is 0.747. The standard InChI is InChI=1S/C18H19ClF3N5O2/c1-2-5-27-15(28)4-3-14(24-27)17(29)26-8-6-25(7-9-26)16-13(19)10-12(11-23-16)18(20,21)22/h3-4,10-11H,2,5-9H2,1H3. The Labute approximate surface area is 169 Å². The van der Waals surface area contributed by atoms with Gasteiger partial charge in [-0.1, -0.05) is 18.5 Å². The molecule has 0 spiro atoms. The lowest BCUT2D eigenvalue weighted by atomic mass is 10.2. The van der Waals surface area contributed by atoms with Gasteiger partial charge in [0.1, 0.15) is 11.5 Å². The summed E-state index contributed by atoms with van der Waals surface area (Å²) in [5.74, 6) is -0.0534. The van der Waals surface area contributed by atoms with Crippen LogP contribution in [-0.2, 0) is 12.7 Å². The van der Waals surface area contributed by atoms with Crippen LogP contribution in [-0.4, -0.2) is 51.8 Å². The summed E-state index contributed by atoms with van der Waals surface area (Å²) in [6.45, 7) is 3.70. The molecule has 1 amide bonds. The molecule has 11 heteroatoms. The van der Waals surface area contributed by atoms with Gasteiger partial charge < -0.3 is 9.80 Å². The van der Waals surface area contributed by atoms with Gasteiger partial charge in [-0.2, -0.15) is 18.3 Å². The van der Waals surface area contributed by atoms with Gasteiger partial charge in [-0.15, -0.1) is 0 Å². The first-order valence-corrected chi connectivity index (χ1v) is 9.43. The second-order valence-electron chi connectivity index (χ2n) is 6.59. The molecular formula is C18H19ClF3N5O2. The van der Waals surface area contributed by atoms with Gasteiger partial charge >= 0.3 is 6.18 Å². The third-order valence-electron chi connectivity index (χ3n) is 4.54. The normalized spacial score (nSPS) is 14.9. The number of anilines is 1. The van der Waals surface area contributed by atoms with Crippen LogP contribution in [0.15, 0.2) is 29.2 Å². The number of carbonyl (C=O) groups is 1. The monoisotopic (exact) mass is 429 g/mol. The molecule has 156 valence electrons. The molecule has 0 aliphatic carbocycles. The Morgan fingerprint density at radius 2 is 1.90 bits per heavy atom. The van der Waals surface area contributed by atoms with E-state index in [0.717, 1.165) is 12.3 Å². The van der Waals surface area contributed by atoms with E-state index in [0.29, 0.717) is 39.1 Å². The van der Waals surface area contributed by atoms with Crippen LogP contribution in [0.3, 0.4) is 0 Å². The highest BCUT2D eigenvalue weighted by atomic mass is 35.5. The van der Waals surface area contributed by atoms with Gasteiger partial charge in [0.25, 0.3) is 11.5 Å². The fraction of sp³-hybridized carbons (Fsp3) is 0.444. The Hall–Kier alpha value is -2.62. The van der Waals surface area contributed by atoms with Gasteiger partial charge in [-0.3, -0.25) is 9.59 Å². The number of amides is 1. The second kappa shape index (κ2) is 8.40. The molecule has 2 aromatic heterocycles. The van der Waals surface area contributed by atoms with E-state index in [-0.39, 0.29) is 28.0 Å². The largest absolute Gasteiger partial charge is 0.417 e. The minimum atomic E-state index is -4.51. The minimum Gasteiger partial charge on any atom is -0.352 e. The first-order valence-electron chi connectivity index (χ1n) is 9.06. The highest BCUT2D eigenvalue weighted by molar-refractivity contribution is 6.33. The summed E-state index contributed by atoms with van der Waals surface area (Å²) in [6.07, 6.45) is -3.05.